The highest BCUT2D eigenvalue weighted by atomic mass is 16.6. The summed E-state index contributed by atoms with van der Waals surface area (Å²) in [5.41, 5.74) is 3.04. The first-order valence-electron chi connectivity index (χ1n) is 12.6. The molecule has 11 nitrogen and oxygen atoms in total. The molecule has 0 radical (unpaired) electrons. The van der Waals surface area contributed by atoms with E-state index < -0.39 is 63.5 Å². The second kappa shape index (κ2) is 9.20. The van der Waals surface area contributed by atoms with Crippen molar-refractivity contribution in [2.45, 2.75) is 57.6 Å². The molecule has 3 aliphatic rings. The van der Waals surface area contributed by atoms with Crippen LogP contribution in [0.3, 0.4) is 0 Å². The summed E-state index contributed by atoms with van der Waals surface area (Å²) < 4.78 is 0. The minimum absolute atomic E-state index is 0.00740. The molecule has 6 N–H and O–H groups in total. The van der Waals surface area contributed by atoms with Crippen molar-refractivity contribution in [2.75, 3.05) is 21.2 Å². The minimum Gasteiger partial charge on any atom is -0.510 e. The molecule has 0 aromatic heterocycles. The van der Waals surface area contributed by atoms with Gasteiger partial charge < -0.3 is 31.0 Å². The summed E-state index contributed by atoms with van der Waals surface area (Å²) in [5.74, 6) is -6.81. The molecular formula is C28H35N3O8. The molecule has 11 heteroatoms. The average molecular weight is 542 g/mol. The fraction of sp³-hybridized carbons (Fsp3) is 0.500. The molecular weight excluding hydrogens is 506 g/mol. The highest BCUT2D eigenvalue weighted by Gasteiger charge is 2.63. The number of amides is 1. The second-order valence-corrected chi connectivity index (χ2v) is 11.7. The molecule has 210 valence electrons. The van der Waals surface area contributed by atoms with Gasteiger partial charge in [0, 0.05) is 22.6 Å². The number of aliphatic hydroxyl groups excluding tert-OH is 2. The van der Waals surface area contributed by atoms with Crippen LogP contribution in [0.15, 0.2) is 33.9 Å². The SMILES string of the molecule is CO/N=C(/C)c1cc(C(C)(C)C)c(O)c2c1C[C@H]1C[C@H]3C(N(C)C)C(O)=C(C(N)=O)C(=O)[C@@]3(O)C(O)=C1C2=O. The molecule has 4 atom stereocenters. The third-order valence-electron chi connectivity index (χ3n) is 8.15. The van der Waals surface area contributed by atoms with Crippen LogP contribution < -0.4 is 5.73 Å². The summed E-state index contributed by atoms with van der Waals surface area (Å²) in [6.07, 6.45) is 0.173. The number of phenols is 1. The van der Waals surface area contributed by atoms with Crippen molar-refractivity contribution in [3.63, 3.8) is 0 Å². The van der Waals surface area contributed by atoms with Gasteiger partial charge in [0.1, 0.15) is 30.0 Å². The lowest BCUT2D eigenvalue weighted by atomic mass is 9.58. The highest BCUT2D eigenvalue weighted by Crippen LogP contribution is 2.53. The lowest BCUT2D eigenvalue weighted by Crippen LogP contribution is -2.63. The van der Waals surface area contributed by atoms with Crippen LogP contribution in [0.25, 0.3) is 0 Å². The van der Waals surface area contributed by atoms with Gasteiger partial charge in [0.25, 0.3) is 5.91 Å². The summed E-state index contributed by atoms with van der Waals surface area (Å²) in [6, 6.07) is 0.719. The molecule has 1 aromatic carbocycles. The molecule has 39 heavy (non-hydrogen) atoms. The maximum absolute atomic E-state index is 14.1. The molecule has 0 bridgehead atoms. The standard InChI is InChI=1S/C28H35N3O8/c1-11(30-39-7)13-10-16(27(2,3)4)21(32)18-14(13)8-12-9-15-20(31(5)6)23(34)19(26(29)37)25(36)28(15,38)24(35)17(12)22(18)33/h10,12,15,20,32,34-35,38H,8-9H2,1-7H3,(H2,29,37)/b30-11-/t12-,15-,20?,28-/m0/s1. The van der Waals surface area contributed by atoms with Crippen molar-refractivity contribution in [3.05, 3.63) is 51.0 Å². The number of oxime groups is 1. The number of ketones is 2. The summed E-state index contributed by atoms with van der Waals surface area (Å²) in [7, 11) is 4.57. The Morgan fingerprint density at radius 2 is 1.82 bits per heavy atom. The third kappa shape index (κ3) is 3.94. The van der Waals surface area contributed by atoms with Gasteiger partial charge in [-0.15, -0.1) is 0 Å². The number of likely N-dealkylation sites (N-methyl/N-ethyl adjacent to an activating group) is 1. The molecule has 1 unspecified atom stereocenters. The van der Waals surface area contributed by atoms with E-state index in [1.54, 1.807) is 27.1 Å². The lowest BCUT2D eigenvalue weighted by Gasteiger charge is -2.50. The van der Waals surface area contributed by atoms with Gasteiger partial charge in [0.05, 0.1) is 17.3 Å². The van der Waals surface area contributed by atoms with Crippen LogP contribution in [0.5, 0.6) is 5.75 Å². The van der Waals surface area contributed by atoms with Gasteiger partial charge in [0.2, 0.25) is 5.78 Å². The average Bonchev–Trinajstić information content (AvgIpc) is 2.80. The number of rotatable bonds is 4. The van der Waals surface area contributed by atoms with Gasteiger partial charge in [-0.3, -0.25) is 19.3 Å². The summed E-state index contributed by atoms with van der Waals surface area (Å²) >= 11 is 0. The van der Waals surface area contributed by atoms with E-state index in [0.29, 0.717) is 22.4 Å². The molecule has 0 saturated heterocycles. The van der Waals surface area contributed by atoms with Crippen LogP contribution >= 0.6 is 0 Å². The third-order valence-corrected chi connectivity index (χ3v) is 8.15. The Balaban J connectivity index is 2.03. The molecule has 0 spiro atoms. The summed E-state index contributed by atoms with van der Waals surface area (Å²) in [5, 5.41) is 49.5. The number of nitrogens with zero attached hydrogens (tertiary/aromatic N) is 2. The van der Waals surface area contributed by atoms with E-state index in [9.17, 15) is 34.8 Å². The van der Waals surface area contributed by atoms with E-state index in [-0.39, 0.29) is 29.7 Å². The first-order valence-corrected chi connectivity index (χ1v) is 12.6. The number of hydrogen-bond acceptors (Lipinski definition) is 10. The van der Waals surface area contributed by atoms with Gasteiger partial charge in [-0.25, -0.2) is 0 Å². The zero-order valence-electron chi connectivity index (χ0n) is 23.1. The van der Waals surface area contributed by atoms with E-state index >= 15 is 0 Å². The second-order valence-electron chi connectivity index (χ2n) is 11.7. The quantitative estimate of drug-likeness (QED) is 0.215. The number of carbonyl (C=O) groups is 3. The first-order chi connectivity index (χ1) is 18.0. The molecule has 0 heterocycles. The summed E-state index contributed by atoms with van der Waals surface area (Å²) in [6.45, 7) is 7.32. The highest BCUT2D eigenvalue weighted by molar-refractivity contribution is 6.25. The Labute approximate surface area is 226 Å². The van der Waals surface area contributed by atoms with Gasteiger partial charge in [-0.2, -0.15) is 0 Å². The van der Waals surface area contributed by atoms with Crippen LogP contribution in [0.4, 0.5) is 0 Å². The largest absolute Gasteiger partial charge is 0.510 e. The van der Waals surface area contributed by atoms with Crippen molar-refractivity contribution in [1.29, 1.82) is 0 Å². The van der Waals surface area contributed by atoms with E-state index in [4.69, 9.17) is 10.6 Å². The van der Waals surface area contributed by atoms with Crippen molar-refractivity contribution < 1.29 is 39.6 Å². The minimum atomic E-state index is -2.68. The number of aliphatic hydroxyl groups is 3. The zero-order valence-corrected chi connectivity index (χ0v) is 23.1. The van der Waals surface area contributed by atoms with Crippen LogP contribution in [-0.4, -0.2) is 81.4 Å². The van der Waals surface area contributed by atoms with E-state index in [2.05, 4.69) is 5.16 Å². The molecule has 1 amide bonds. The van der Waals surface area contributed by atoms with Gasteiger partial charge in [-0.1, -0.05) is 25.9 Å². The zero-order chi connectivity index (χ0) is 29.4. The summed E-state index contributed by atoms with van der Waals surface area (Å²) in [4.78, 5) is 46.1. The molecule has 3 aliphatic carbocycles. The topological polar surface area (TPSA) is 183 Å². The van der Waals surface area contributed by atoms with Crippen molar-refractivity contribution in [3.8, 4) is 5.75 Å². The van der Waals surface area contributed by atoms with E-state index in [0.717, 1.165) is 0 Å². The Morgan fingerprint density at radius 1 is 1.21 bits per heavy atom. The number of nitrogens with two attached hydrogens (primary N) is 1. The Hall–Kier alpha value is -3.70. The number of phenolic OH excluding ortho intramolecular Hbond substituents is 1. The fourth-order valence-electron chi connectivity index (χ4n) is 6.40. The number of allylic oxidation sites excluding steroid dienone is 1. The Bertz CT molecular complexity index is 1400. The van der Waals surface area contributed by atoms with Crippen molar-refractivity contribution >= 4 is 23.2 Å². The number of aromatic hydroxyl groups is 1. The number of Topliss-reactive ketones (excluding diaryl/α,β-unsaturated/α-hetero) is 2. The number of fused-ring (bicyclic) bond motifs is 3. The van der Waals surface area contributed by atoms with E-state index in [1.807, 2.05) is 20.8 Å². The smallest absolute Gasteiger partial charge is 0.255 e. The lowest BCUT2D eigenvalue weighted by molar-refractivity contribution is -0.148. The molecule has 4 rings (SSSR count). The Morgan fingerprint density at radius 3 is 2.33 bits per heavy atom. The van der Waals surface area contributed by atoms with Gasteiger partial charge in [0.15, 0.2) is 11.4 Å². The molecule has 1 aromatic rings. The number of carbonyl (C=O) groups excluding carboxylic acids is 3. The predicted molar refractivity (Wildman–Crippen MR) is 142 cm³/mol. The maximum Gasteiger partial charge on any atom is 0.255 e. The fourth-order valence-corrected chi connectivity index (χ4v) is 6.40. The normalized spacial score (nSPS) is 27.4. The van der Waals surface area contributed by atoms with E-state index in [1.165, 1.54) is 12.0 Å². The monoisotopic (exact) mass is 541 g/mol. The van der Waals surface area contributed by atoms with Crippen molar-refractivity contribution in [2.24, 2.45) is 22.7 Å². The first kappa shape index (κ1) is 28.3. The number of benzene rings is 1. The Kier molecular flexibility index (Phi) is 6.68. The molecule has 0 saturated carbocycles. The molecule has 0 fully saturated rings. The van der Waals surface area contributed by atoms with Crippen molar-refractivity contribution in [1.82, 2.24) is 4.90 Å². The van der Waals surface area contributed by atoms with Crippen LogP contribution in [0, 0.1) is 11.8 Å². The molecule has 0 aliphatic heterocycles. The van der Waals surface area contributed by atoms with Gasteiger partial charge in [-0.05, 0) is 56.8 Å². The number of primary amides is 1. The number of hydrogen-bond donors (Lipinski definition) is 5. The van der Waals surface area contributed by atoms with Crippen LogP contribution in [0.2, 0.25) is 0 Å². The van der Waals surface area contributed by atoms with Crippen LogP contribution in [0.1, 0.15) is 61.2 Å². The maximum atomic E-state index is 14.1. The van der Waals surface area contributed by atoms with Crippen LogP contribution in [-0.2, 0) is 26.3 Å². The van der Waals surface area contributed by atoms with Gasteiger partial charge >= 0.3 is 0 Å². The predicted octanol–water partition coefficient (Wildman–Crippen LogP) is 1.79.